The van der Waals surface area contributed by atoms with Crippen molar-refractivity contribution >= 4 is 28.3 Å². The lowest BCUT2D eigenvalue weighted by molar-refractivity contribution is -0.892. The Bertz CT molecular complexity index is 721. The second-order valence-electron chi connectivity index (χ2n) is 5.20. The number of nitrogens with zero attached hydrogens (tertiary/aromatic N) is 4. The number of amides is 1. The van der Waals surface area contributed by atoms with Crippen LogP contribution in [0.1, 0.15) is 0 Å². The third-order valence-electron chi connectivity index (χ3n) is 3.81. The Morgan fingerprint density at radius 1 is 1.36 bits per heavy atom. The number of rotatable bonds is 4. The van der Waals surface area contributed by atoms with E-state index in [1.165, 1.54) is 6.07 Å². The first-order chi connectivity index (χ1) is 10.6. The van der Waals surface area contributed by atoms with E-state index in [1.807, 2.05) is 0 Å². The average molecular weight is 307 g/mol. The molecule has 3 N–H and O–H groups in total. The van der Waals surface area contributed by atoms with Crippen molar-refractivity contribution in [1.29, 1.82) is 0 Å². The number of hydrogen-bond acceptors (Lipinski definition) is 7. The lowest BCUT2D eigenvalue weighted by Crippen LogP contribution is -3.15. The smallest absolute Gasteiger partial charge is 0.300 e. The molecular formula is C12H15N6O4+. The largest absolute Gasteiger partial charge is 0.365 e. The van der Waals surface area contributed by atoms with E-state index in [0.717, 1.165) is 23.7 Å². The molecule has 1 aliphatic rings. The summed E-state index contributed by atoms with van der Waals surface area (Å²) in [5.74, 6) is -0.318. The maximum atomic E-state index is 11.0. The molecule has 0 unspecified atom stereocenters. The van der Waals surface area contributed by atoms with Crippen molar-refractivity contribution in [3.8, 4) is 0 Å². The van der Waals surface area contributed by atoms with E-state index in [-0.39, 0.29) is 17.1 Å². The predicted octanol–water partition coefficient (Wildman–Crippen LogP) is -1.68. The number of benzene rings is 1. The lowest BCUT2D eigenvalue weighted by atomic mass is 10.2. The van der Waals surface area contributed by atoms with Gasteiger partial charge < -0.3 is 15.5 Å². The maximum absolute atomic E-state index is 11.0. The summed E-state index contributed by atoms with van der Waals surface area (Å²) in [5.41, 5.74) is 6.36. The minimum Gasteiger partial charge on any atom is -0.365 e. The van der Waals surface area contributed by atoms with Crippen LogP contribution in [0.2, 0.25) is 0 Å². The van der Waals surface area contributed by atoms with Crippen molar-refractivity contribution in [2.24, 2.45) is 5.73 Å². The predicted molar refractivity (Wildman–Crippen MR) is 75.4 cm³/mol. The Kier molecular flexibility index (Phi) is 3.59. The number of nitrogens with one attached hydrogen (secondary N) is 1. The van der Waals surface area contributed by atoms with E-state index in [2.05, 4.69) is 19.8 Å². The van der Waals surface area contributed by atoms with Crippen LogP contribution in [0.4, 0.5) is 11.4 Å². The van der Waals surface area contributed by atoms with Gasteiger partial charge in [0.25, 0.3) is 5.91 Å². The fourth-order valence-electron chi connectivity index (χ4n) is 2.73. The molecule has 22 heavy (non-hydrogen) atoms. The van der Waals surface area contributed by atoms with Crippen LogP contribution < -0.4 is 15.5 Å². The van der Waals surface area contributed by atoms with Crippen LogP contribution in [0.15, 0.2) is 16.8 Å². The van der Waals surface area contributed by atoms with Gasteiger partial charge >= 0.3 is 5.69 Å². The summed E-state index contributed by atoms with van der Waals surface area (Å²) in [4.78, 5) is 24.6. The molecule has 10 heteroatoms. The van der Waals surface area contributed by atoms with Gasteiger partial charge in [-0.1, -0.05) is 0 Å². The van der Waals surface area contributed by atoms with Crippen LogP contribution in [0, 0.1) is 10.1 Å². The molecule has 0 aliphatic carbocycles. The minimum atomic E-state index is -0.509. The first-order valence-electron chi connectivity index (χ1n) is 6.82. The number of nitro benzene ring substituents is 1. The number of hydrogen-bond donors (Lipinski definition) is 2. The summed E-state index contributed by atoms with van der Waals surface area (Å²) in [5, 5.41) is 18.4. The molecule has 116 valence electrons. The highest BCUT2D eigenvalue weighted by atomic mass is 16.6. The van der Waals surface area contributed by atoms with Gasteiger partial charge in [0.1, 0.15) is 0 Å². The van der Waals surface area contributed by atoms with E-state index in [9.17, 15) is 14.9 Å². The van der Waals surface area contributed by atoms with Gasteiger partial charge in [0.2, 0.25) is 5.52 Å². The Balaban J connectivity index is 1.83. The number of primary amides is 1. The number of non-ortho nitro benzene ring substituents is 1. The Hall–Kier alpha value is -2.75. The van der Waals surface area contributed by atoms with Crippen molar-refractivity contribution in [2.45, 2.75) is 0 Å². The zero-order valence-electron chi connectivity index (χ0n) is 11.7. The summed E-state index contributed by atoms with van der Waals surface area (Å²) < 4.78 is 4.66. The van der Waals surface area contributed by atoms with Gasteiger partial charge in [-0.3, -0.25) is 14.9 Å². The zero-order valence-corrected chi connectivity index (χ0v) is 11.7. The number of carbonyl (C=O) groups is 1. The minimum absolute atomic E-state index is 0.127. The van der Waals surface area contributed by atoms with Gasteiger partial charge in [-0.15, -0.1) is 0 Å². The third kappa shape index (κ3) is 2.55. The Morgan fingerprint density at radius 3 is 2.68 bits per heavy atom. The molecule has 1 amide bonds. The molecule has 2 aromatic rings. The van der Waals surface area contributed by atoms with Gasteiger partial charge in [0, 0.05) is 6.07 Å². The second-order valence-corrected chi connectivity index (χ2v) is 5.20. The molecule has 3 rings (SSSR count). The molecule has 0 radical (unpaired) electrons. The summed E-state index contributed by atoms with van der Waals surface area (Å²) in [7, 11) is 0. The van der Waals surface area contributed by atoms with Crippen LogP contribution in [0.5, 0.6) is 0 Å². The number of anilines is 1. The number of quaternary nitrogens is 1. The average Bonchev–Trinajstić information content (AvgIpc) is 2.95. The molecule has 0 spiro atoms. The van der Waals surface area contributed by atoms with E-state index < -0.39 is 4.92 Å². The van der Waals surface area contributed by atoms with Crippen LogP contribution in [-0.2, 0) is 4.79 Å². The van der Waals surface area contributed by atoms with Crippen LogP contribution in [0.3, 0.4) is 0 Å². The zero-order chi connectivity index (χ0) is 15.7. The summed E-state index contributed by atoms with van der Waals surface area (Å²) in [6, 6.07) is 3.06. The fraction of sp³-hybridized carbons (Fsp3) is 0.417. The molecule has 0 saturated carbocycles. The highest BCUT2D eigenvalue weighted by Crippen LogP contribution is 2.30. The van der Waals surface area contributed by atoms with E-state index >= 15 is 0 Å². The molecule has 10 nitrogen and oxygen atoms in total. The number of piperazine rings is 1. The first kappa shape index (κ1) is 14.2. The topological polar surface area (TPSA) is 133 Å². The van der Waals surface area contributed by atoms with Gasteiger partial charge in [-0.25, -0.2) is 4.63 Å². The Labute approximate surface area is 124 Å². The maximum Gasteiger partial charge on any atom is 0.300 e. The van der Waals surface area contributed by atoms with Crippen molar-refractivity contribution in [3.63, 3.8) is 0 Å². The summed E-state index contributed by atoms with van der Waals surface area (Å²) in [6.45, 7) is 3.22. The molecule has 1 aromatic carbocycles. The van der Waals surface area contributed by atoms with E-state index in [0.29, 0.717) is 25.2 Å². The number of aromatic nitrogens is 2. The van der Waals surface area contributed by atoms with Crippen LogP contribution in [0.25, 0.3) is 11.0 Å². The quantitative estimate of drug-likeness (QED) is 0.509. The molecule has 1 aliphatic heterocycles. The lowest BCUT2D eigenvalue weighted by Gasteiger charge is -2.32. The number of nitrogens with two attached hydrogens (primary N) is 1. The molecular weight excluding hydrogens is 292 g/mol. The number of fused-ring (bicyclic) bond motifs is 1. The summed E-state index contributed by atoms with van der Waals surface area (Å²) >= 11 is 0. The molecule has 1 saturated heterocycles. The highest BCUT2D eigenvalue weighted by molar-refractivity contribution is 5.93. The molecule has 0 bridgehead atoms. The standard InChI is InChI=1S/C12H14N6O4/c13-10(19)7-16-3-5-17(6-4-16)8-1-2-9(18(20)21)12-11(8)14-22-15-12/h1-2H,3-7H2,(H2,13,19)/p+1. The van der Waals surface area contributed by atoms with Gasteiger partial charge in [0.15, 0.2) is 12.1 Å². The van der Waals surface area contributed by atoms with Crippen molar-refractivity contribution in [3.05, 3.63) is 22.2 Å². The SMILES string of the molecule is NC(=O)C[NH+]1CCN(c2ccc([N+](=O)[O-])c3nonc23)CC1. The molecule has 1 aromatic heterocycles. The van der Waals surface area contributed by atoms with Gasteiger partial charge in [-0.05, 0) is 16.4 Å². The molecule has 1 fully saturated rings. The van der Waals surface area contributed by atoms with Gasteiger partial charge in [-0.2, -0.15) is 0 Å². The van der Waals surface area contributed by atoms with Crippen molar-refractivity contribution in [1.82, 2.24) is 10.3 Å². The summed E-state index contributed by atoms with van der Waals surface area (Å²) in [6.07, 6.45) is 0. The van der Waals surface area contributed by atoms with E-state index in [1.54, 1.807) is 6.07 Å². The van der Waals surface area contributed by atoms with Crippen LogP contribution in [-0.4, -0.2) is 53.9 Å². The van der Waals surface area contributed by atoms with Crippen molar-refractivity contribution in [2.75, 3.05) is 37.6 Å². The molecule has 2 heterocycles. The normalized spacial score (nSPS) is 16.1. The van der Waals surface area contributed by atoms with Crippen molar-refractivity contribution < 1.29 is 19.2 Å². The van der Waals surface area contributed by atoms with Gasteiger partial charge in [0.05, 0.1) is 36.8 Å². The third-order valence-corrected chi connectivity index (χ3v) is 3.81. The number of carbonyl (C=O) groups excluding carboxylic acids is 1. The first-order valence-corrected chi connectivity index (χ1v) is 6.82. The fourth-order valence-corrected chi connectivity index (χ4v) is 2.73. The monoisotopic (exact) mass is 307 g/mol. The van der Waals surface area contributed by atoms with E-state index in [4.69, 9.17) is 5.73 Å². The Morgan fingerprint density at radius 2 is 2.05 bits per heavy atom. The molecule has 0 atom stereocenters. The highest BCUT2D eigenvalue weighted by Gasteiger charge is 2.26. The second kappa shape index (κ2) is 5.56. The number of nitro groups is 1. The van der Waals surface area contributed by atoms with Crippen LogP contribution >= 0.6 is 0 Å².